The maximum atomic E-state index is 10.9. The normalized spacial score (nSPS) is 17.6. The summed E-state index contributed by atoms with van der Waals surface area (Å²) in [6.45, 7) is 12.6. The summed E-state index contributed by atoms with van der Waals surface area (Å²) in [4.78, 5) is 0. The molecule has 0 bridgehead atoms. The zero-order valence-electron chi connectivity index (χ0n) is 19.8. The predicted octanol–water partition coefficient (Wildman–Crippen LogP) is 3.19. The van der Waals surface area contributed by atoms with Crippen LogP contribution < -0.4 is 10.4 Å². The van der Waals surface area contributed by atoms with Crippen LogP contribution in [-0.4, -0.2) is 49.1 Å². The Morgan fingerprint density at radius 1 is 0.774 bits per heavy atom. The Balaban J connectivity index is 2.37. The molecule has 0 aliphatic rings. The van der Waals surface area contributed by atoms with Gasteiger partial charge in [0.05, 0.1) is 12.2 Å². The lowest BCUT2D eigenvalue weighted by Gasteiger charge is -2.44. The Hall–Kier alpha value is -1.50. The van der Waals surface area contributed by atoms with Crippen LogP contribution in [0.15, 0.2) is 60.7 Å². The van der Waals surface area contributed by atoms with Crippen molar-refractivity contribution in [3.63, 3.8) is 0 Å². The number of rotatable bonds is 10. The van der Waals surface area contributed by atoms with Crippen molar-refractivity contribution >= 4 is 18.7 Å². The molecule has 2 aromatic carbocycles. The van der Waals surface area contributed by atoms with Crippen molar-refractivity contribution in [3.05, 3.63) is 60.7 Å². The van der Waals surface area contributed by atoms with Gasteiger partial charge < -0.3 is 19.7 Å². The van der Waals surface area contributed by atoms with Crippen LogP contribution in [0.25, 0.3) is 0 Å². The molecule has 0 aliphatic carbocycles. The maximum Gasteiger partial charge on any atom is 0.261 e. The second-order valence-corrected chi connectivity index (χ2v) is 14.3. The van der Waals surface area contributed by atoms with Crippen molar-refractivity contribution in [2.24, 2.45) is 17.8 Å². The zero-order valence-corrected chi connectivity index (χ0v) is 20.8. The minimum absolute atomic E-state index is 0.106. The summed E-state index contributed by atoms with van der Waals surface area (Å²) in [5.74, 6) is -0.813. The average molecular weight is 445 g/mol. The van der Waals surface area contributed by atoms with Crippen molar-refractivity contribution in [2.45, 2.75) is 58.8 Å². The van der Waals surface area contributed by atoms with Crippen molar-refractivity contribution in [1.29, 1.82) is 0 Å². The lowest BCUT2D eigenvalue weighted by atomic mass is 9.85. The van der Waals surface area contributed by atoms with Crippen molar-refractivity contribution < 1.29 is 19.7 Å². The molecular weight excluding hydrogens is 404 g/mol. The number of hydrogen-bond donors (Lipinski definition) is 3. The first-order valence-corrected chi connectivity index (χ1v) is 13.2. The Morgan fingerprint density at radius 3 is 1.58 bits per heavy atom. The predicted molar refractivity (Wildman–Crippen MR) is 130 cm³/mol. The number of hydrogen-bond acceptors (Lipinski definition) is 4. The smallest absolute Gasteiger partial charge is 0.261 e. The fourth-order valence-electron chi connectivity index (χ4n) is 4.46. The van der Waals surface area contributed by atoms with E-state index >= 15 is 0 Å². The maximum absolute atomic E-state index is 10.9. The molecule has 172 valence electrons. The van der Waals surface area contributed by atoms with Crippen LogP contribution in [0.1, 0.15) is 41.5 Å². The molecule has 0 unspecified atom stereocenters. The van der Waals surface area contributed by atoms with Gasteiger partial charge in [-0.25, -0.2) is 0 Å². The lowest BCUT2D eigenvalue weighted by Crippen LogP contribution is -2.67. The largest absolute Gasteiger partial charge is 0.407 e. The molecule has 0 heterocycles. The monoisotopic (exact) mass is 444 g/mol. The third kappa shape index (κ3) is 5.65. The molecule has 0 radical (unpaired) electrons. The van der Waals surface area contributed by atoms with Gasteiger partial charge in [-0.15, -0.1) is 0 Å². The molecule has 0 aliphatic heterocycles. The number of aliphatic hydroxyl groups excluding tert-OH is 3. The summed E-state index contributed by atoms with van der Waals surface area (Å²) in [5, 5.41) is 33.1. The second kappa shape index (κ2) is 10.9. The summed E-state index contributed by atoms with van der Waals surface area (Å²) >= 11 is 0. The van der Waals surface area contributed by atoms with Gasteiger partial charge in [0, 0.05) is 31.0 Å². The molecular formula is C26H40O4Si. The summed E-state index contributed by atoms with van der Waals surface area (Å²) in [6, 6.07) is 20.9. The van der Waals surface area contributed by atoms with E-state index in [4.69, 9.17) is 4.43 Å². The Labute approximate surface area is 189 Å². The molecule has 4 nitrogen and oxygen atoms in total. The standard InChI is InChI=1S/C26H40O4Si/c1-19(17-27)24(28)21(3)25(29)20(2)18-30-31(26(4,5)6,22-13-9-7-10-14-22)23-15-11-8-12-16-23/h7-16,19-21,24-25,27-29H,17-18H2,1-6H3/t19-,20+,21-,24-,25-/m1/s1. The van der Waals surface area contributed by atoms with Crippen molar-refractivity contribution in [3.8, 4) is 0 Å². The van der Waals surface area contributed by atoms with Gasteiger partial charge in [0.2, 0.25) is 0 Å². The Morgan fingerprint density at radius 2 is 1.19 bits per heavy atom. The van der Waals surface area contributed by atoms with Gasteiger partial charge >= 0.3 is 0 Å². The minimum atomic E-state index is -2.66. The van der Waals surface area contributed by atoms with E-state index < -0.39 is 20.5 Å². The van der Waals surface area contributed by atoms with E-state index in [-0.39, 0.29) is 29.4 Å². The summed E-state index contributed by atoms with van der Waals surface area (Å²) < 4.78 is 6.91. The number of benzene rings is 2. The van der Waals surface area contributed by atoms with Gasteiger partial charge in [0.1, 0.15) is 0 Å². The van der Waals surface area contributed by atoms with Crippen molar-refractivity contribution in [1.82, 2.24) is 0 Å². The first-order valence-electron chi connectivity index (χ1n) is 11.3. The molecule has 0 fully saturated rings. The molecule has 0 saturated heterocycles. The molecule has 0 amide bonds. The highest BCUT2D eigenvalue weighted by Crippen LogP contribution is 2.37. The first kappa shape index (κ1) is 25.8. The highest BCUT2D eigenvalue weighted by atomic mass is 28.4. The first-order chi connectivity index (χ1) is 14.6. The fraction of sp³-hybridized carbons (Fsp3) is 0.538. The van der Waals surface area contributed by atoms with Gasteiger partial charge in [-0.1, -0.05) is 102 Å². The van der Waals surface area contributed by atoms with Crippen LogP contribution in [0.3, 0.4) is 0 Å². The highest BCUT2D eigenvalue weighted by Gasteiger charge is 2.50. The van der Waals surface area contributed by atoms with Gasteiger partial charge in [-0.2, -0.15) is 0 Å². The van der Waals surface area contributed by atoms with Crippen molar-refractivity contribution in [2.75, 3.05) is 13.2 Å². The van der Waals surface area contributed by atoms with Gasteiger partial charge in [0.25, 0.3) is 8.32 Å². The number of aliphatic hydroxyl groups is 3. The second-order valence-electron chi connectivity index (χ2n) is 9.95. The zero-order chi connectivity index (χ0) is 23.2. The summed E-state index contributed by atoms with van der Waals surface area (Å²) in [6.07, 6.45) is -1.50. The van der Waals surface area contributed by atoms with Gasteiger partial charge in [-0.05, 0) is 15.4 Å². The minimum Gasteiger partial charge on any atom is -0.407 e. The molecule has 3 N–H and O–H groups in total. The van der Waals surface area contributed by atoms with Crippen LogP contribution in [-0.2, 0) is 4.43 Å². The molecule has 31 heavy (non-hydrogen) atoms. The third-order valence-corrected chi connectivity index (χ3v) is 11.5. The topological polar surface area (TPSA) is 69.9 Å². The molecule has 0 saturated carbocycles. The van der Waals surface area contributed by atoms with Gasteiger partial charge in [0.15, 0.2) is 0 Å². The highest BCUT2D eigenvalue weighted by molar-refractivity contribution is 6.99. The summed E-state index contributed by atoms with van der Waals surface area (Å²) in [5.41, 5.74) is 0. The fourth-order valence-corrected chi connectivity index (χ4v) is 9.13. The average Bonchev–Trinajstić information content (AvgIpc) is 2.77. The van der Waals surface area contributed by atoms with Crippen LogP contribution in [0.4, 0.5) is 0 Å². The van der Waals surface area contributed by atoms with Crippen LogP contribution in [0.2, 0.25) is 5.04 Å². The molecule has 0 aromatic heterocycles. The molecule has 2 rings (SSSR count). The summed E-state index contributed by atoms with van der Waals surface area (Å²) in [7, 11) is -2.66. The van der Waals surface area contributed by atoms with E-state index in [2.05, 4.69) is 69.3 Å². The van der Waals surface area contributed by atoms with E-state index in [0.29, 0.717) is 6.61 Å². The molecule has 5 heteroatoms. The van der Waals surface area contributed by atoms with E-state index in [0.717, 1.165) is 0 Å². The van der Waals surface area contributed by atoms with Crippen LogP contribution >= 0.6 is 0 Å². The van der Waals surface area contributed by atoms with Crippen LogP contribution in [0.5, 0.6) is 0 Å². The SMILES string of the molecule is C[C@H]([C@H](O)[C@H](C)CO)[C@H](O)[C@@H](C)CO[Si](c1ccccc1)(c1ccccc1)C(C)(C)C. The third-order valence-electron chi connectivity index (χ3n) is 6.51. The molecule has 0 spiro atoms. The van der Waals surface area contributed by atoms with Crippen LogP contribution in [0, 0.1) is 17.8 Å². The molecule has 5 atom stereocenters. The molecule has 2 aromatic rings. The lowest BCUT2D eigenvalue weighted by molar-refractivity contribution is -0.0453. The van der Waals surface area contributed by atoms with E-state index in [9.17, 15) is 15.3 Å². The van der Waals surface area contributed by atoms with Gasteiger partial charge in [-0.3, -0.25) is 0 Å². The van der Waals surface area contributed by atoms with E-state index in [1.54, 1.807) is 6.92 Å². The van der Waals surface area contributed by atoms with E-state index in [1.807, 2.05) is 26.0 Å². The van der Waals surface area contributed by atoms with E-state index in [1.165, 1.54) is 10.4 Å². The Bertz CT molecular complexity index is 735. The quantitative estimate of drug-likeness (QED) is 0.492. The Kier molecular flexibility index (Phi) is 9.04.